The average Bonchev–Trinajstić information content (AvgIpc) is 2.62. The van der Waals surface area contributed by atoms with E-state index in [1.807, 2.05) is 0 Å². The molecule has 1 N–H and O–H groups in total. The van der Waals surface area contributed by atoms with Crippen molar-refractivity contribution in [3.8, 4) is 0 Å². The molecule has 4 aliphatic carbocycles. The second-order valence-corrected chi connectivity index (χ2v) is 11.6. The lowest BCUT2D eigenvalue weighted by atomic mass is 9.39. The molecule has 21 heavy (non-hydrogen) atoms. The van der Waals surface area contributed by atoms with E-state index in [0.29, 0.717) is 10.8 Å². The molecule has 4 bridgehead atoms. The van der Waals surface area contributed by atoms with Crippen LogP contribution in [0.3, 0.4) is 0 Å². The van der Waals surface area contributed by atoms with Crippen molar-refractivity contribution in [2.24, 2.45) is 22.2 Å². The van der Waals surface area contributed by atoms with Gasteiger partial charge in [-0.05, 0) is 89.8 Å². The summed E-state index contributed by atoms with van der Waals surface area (Å²) >= 11 is 5.35. The number of hydrogen-bond acceptors (Lipinski definition) is 2. The molecule has 0 aromatic carbocycles. The van der Waals surface area contributed by atoms with Crippen molar-refractivity contribution in [1.82, 2.24) is 0 Å². The highest BCUT2D eigenvalue weighted by Crippen LogP contribution is 2.72. The van der Waals surface area contributed by atoms with Crippen molar-refractivity contribution in [2.45, 2.75) is 65.4 Å². The summed E-state index contributed by atoms with van der Waals surface area (Å²) < 4.78 is 1.15. The van der Waals surface area contributed by atoms with E-state index in [9.17, 15) is 5.11 Å². The molecule has 4 fully saturated rings. The summed E-state index contributed by atoms with van der Waals surface area (Å²) in [6, 6.07) is 2.16. The van der Waals surface area contributed by atoms with Gasteiger partial charge in [-0.3, -0.25) is 0 Å². The molecule has 0 spiro atoms. The van der Waals surface area contributed by atoms with Gasteiger partial charge in [0, 0.05) is 10.3 Å². The normalized spacial score (nSPS) is 46.0. The zero-order chi connectivity index (χ0) is 15.0. The molecule has 0 radical (unpaired) electrons. The highest BCUT2D eigenvalue weighted by Gasteiger charge is 2.62. The van der Waals surface area contributed by atoms with E-state index >= 15 is 0 Å². The Morgan fingerprint density at radius 2 is 1.81 bits per heavy atom. The summed E-state index contributed by atoms with van der Waals surface area (Å²) in [5.41, 5.74) is 2.25. The molecule has 3 atom stereocenters. The van der Waals surface area contributed by atoms with Gasteiger partial charge in [0.05, 0.1) is 9.89 Å². The summed E-state index contributed by atoms with van der Waals surface area (Å²) in [5.74, 6) is 0.841. The van der Waals surface area contributed by atoms with E-state index in [1.165, 1.54) is 49.0 Å². The monoisotopic (exact) mass is 368 g/mol. The van der Waals surface area contributed by atoms with Crippen molar-refractivity contribution < 1.29 is 5.11 Å². The number of aliphatic hydroxyl groups excluding tert-OH is 1. The second kappa shape index (κ2) is 4.36. The van der Waals surface area contributed by atoms with Gasteiger partial charge >= 0.3 is 0 Å². The molecule has 1 nitrogen and oxygen atoms in total. The van der Waals surface area contributed by atoms with Crippen molar-refractivity contribution in [1.29, 1.82) is 0 Å². The molecule has 0 aliphatic heterocycles. The lowest BCUT2D eigenvalue weighted by Gasteiger charge is -2.66. The molecule has 0 saturated heterocycles. The summed E-state index contributed by atoms with van der Waals surface area (Å²) in [4.78, 5) is 1.28. The van der Waals surface area contributed by atoms with Gasteiger partial charge in [-0.1, -0.05) is 13.8 Å². The third kappa shape index (κ3) is 2.18. The smallest absolute Gasteiger partial charge is 0.0857 e. The van der Waals surface area contributed by atoms with Gasteiger partial charge in [-0.2, -0.15) is 0 Å². The van der Waals surface area contributed by atoms with Gasteiger partial charge in [0.15, 0.2) is 0 Å². The minimum absolute atomic E-state index is 0.133. The molecule has 1 aromatic heterocycles. The Balaban J connectivity index is 1.75. The molecule has 3 unspecified atom stereocenters. The van der Waals surface area contributed by atoms with Crippen LogP contribution in [-0.2, 0) is 0 Å². The standard InChI is InChI=1S/C18H25BrOS/c1-11-13(4-14(19)21-11)15(20)18-7-12-5-16(2,9-18)8-17(3,6-12)10-18/h4,12,15,20H,5-10H2,1-3H3. The predicted octanol–water partition coefficient (Wildman–Crippen LogP) is 5.85. The highest BCUT2D eigenvalue weighted by atomic mass is 79.9. The van der Waals surface area contributed by atoms with E-state index in [4.69, 9.17) is 0 Å². The number of halogens is 1. The first-order valence-corrected chi connectivity index (χ1v) is 9.78. The first-order valence-electron chi connectivity index (χ1n) is 8.17. The lowest BCUT2D eigenvalue weighted by Crippen LogP contribution is -2.56. The first kappa shape index (κ1) is 14.7. The van der Waals surface area contributed by atoms with Crippen LogP contribution in [0.4, 0.5) is 0 Å². The molecule has 116 valence electrons. The largest absolute Gasteiger partial charge is 0.388 e. The van der Waals surface area contributed by atoms with E-state index in [0.717, 1.165) is 9.70 Å². The molecule has 3 heteroatoms. The van der Waals surface area contributed by atoms with E-state index in [-0.39, 0.29) is 11.5 Å². The van der Waals surface area contributed by atoms with Gasteiger partial charge in [-0.15, -0.1) is 11.3 Å². The van der Waals surface area contributed by atoms with Crippen molar-refractivity contribution >= 4 is 27.3 Å². The van der Waals surface area contributed by atoms with Gasteiger partial charge in [0.2, 0.25) is 0 Å². The van der Waals surface area contributed by atoms with E-state index in [1.54, 1.807) is 11.3 Å². The van der Waals surface area contributed by atoms with Gasteiger partial charge in [0.25, 0.3) is 0 Å². The van der Waals surface area contributed by atoms with Crippen LogP contribution in [0, 0.1) is 29.1 Å². The number of rotatable bonds is 2. The molecular weight excluding hydrogens is 344 g/mol. The average molecular weight is 369 g/mol. The molecule has 4 saturated carbocycles. The van der Waals surface area contributed by atoms with Crippen LogP contribution in [0.25, 0.3) is 0 Å². The van der Waals surface area contributed by atoms with Crippen LogP contribution in [0.5, 0.6) is 0 Å². The molecule has 0 amide bonds. The summed E-state index contributed by atoms with van der Waals surface area (Å²) in [7, 11) is 0. The number of aliphatic hydroxyl groups is 1. The molecule has 5 rings (SSSR count). The van der Waals surface area contributed by atoms with E-state index in [2.05, 4.69) is 42.8 Å². The molecule has 1 heterocycles. The van der Waals surface area contributed by atoms with Gasteiger partial charge < -0.3 is 5.11 Å². The zero-order valence-electron chi connectivity index (χ0n) is 13.2. The van der Waals surface area contributed by atoms with Crippen LogP contribution < -0.4 is 0 Å². The van der Waals surface area contributed by atoms with Crippen LogP contribution in [-0.4, -0.2) is 5.11 Å². The fraction of sp³-hybridized carbons (Fsp3) is 0.778. The fourth-order valence-electron chi connectivity index (χ4n) is 6.90. The molecule has 4 aliphatic rings. The Hall–Kier alpha value is 0.140. The topological polar surface area (TPSA) is 20.2 Å². The molecule has 1 aromatic rings. The maximum absolute atomic E-state index is 11.3. The number of thiophene rings is 1. The SMILES string of the molecule is Cc1sc(Br)cc1C(O)C12CC3CC(C)(CC(C)(C3)C1)C2. The van der Waals surface area contributed by atoms with Crippen molar-refractivity contribution in [3.05, 3.63) is 20.3 Å². The first-order chi connectivity index (χ1) is 9.73. The fourth-order valence-corrected chi connectivity index (χ4v) is 8.64. The third-order valence-electron chi connectivity index (χ3n) is 6.47. The Kier molecular flexibility index (Phi) is 3.05. The third-order valence-corrected chi connectivity index (χ3v) is 8.04. The number of hydrogen-bond donors (Lipinski definition) is 1. The maximum atomic E-state index is 11.3. The van der Waals surface area contributed by atoms with Crippen LogP contribution in [0.1, 0.15) is 68.9 Å². The van der Waals surface area contributed by atoms with Crippen LogP contribution in [0.2, 0.25) is 0 Å². The highest BCUT2D eigenvalue weighted by molar-refractivity contribution is 9.11. The predicted molar refractivity (Wildman–Crippen MR) is 91.6 cm³/mol. The van der Waals surface area contributed by atoms with Crippen LogP contribution in [0.15, 0.2) is 9.85 Å². The summed E-state index contributed by atoms with van der Waals surface area (Å²) in [5, 5.41) is 11.3. The maximum Gasteiger partial charge on any atom is 0.0857 e. The Morgan fingerprint density at radius 3 is 2.29 bits per heavy atom. The van der Waals surface area contributed by atoms with E-state index < -0.39 is 0 Å². The Labute approximate surface area is 140 Å². The second-order valence-electron chi connectivity index (χ2n) is 8.96. The molecular formula is C18H25BrOS. The number of aryl methyl sites for hydroxylation is 1. The van der Waals surface area contributed by atoms with Gasteiger partial charge in [-0.25, -0.2) is 0 Å². The lowest BCUT2D eigenvalue weighted by molar-refractivity contribution is -0.187. The van der Waals surface area contributed by atoms with Gasteiger partial charge in [0.1, 0.15) is 0 Å². The summed E-state index contributed by atoms with van der Waals surface area (Å²) in [6.07, 6.45) is 7.57. The Bertz CT molecular complexity index is 574. The Morgan fingerprint density at radius 1 is 1.19 bits per heavy atom. The quantitative estimate of drug-likeness (QED) is 0.693. The van der Waals surface area contributed by atoms with Crippen molar-refractivity contribution in [2.75, 3.05) is 0 Å². The van der Waals surface area contributed by atoms with Crippen LogP contribution >= 0.6 is 27.3 Å². The minimum atomic E-state index is -0.276. The van der Waals surface area contributed by atoms with Crippen molar-refractivity contribution in [3.63, 3.8) is 0 Å². The summed E-state index contributed by atoms with van der Waals surface area (Å²) in [6.45, 7) is 7.11. The minimum Gasteiger partial charge on any atom is -0.388 e. The zero-order valence-corrected chi connectivity index (χ0v) is 15.6.